The number of hydrogen-bond acceptors (Lipinski definition) is 9. The van der Waals surface area contributed by atoms with Crippen LogP contribution in [-0.4, -0.2) is 50.2 Å². The third kappa shape index (κ3) is 12.7. The monoisotopic (exact) mass is 521 g/mol. The molecule has 0 saturated carbocycles. The van der Waals surface area contributed by atoms with Crippen LogP contribution >= 0.6 is 0 Å². The summed E-state index contributed by atoms with van der Waals surface area (Å²) in [6, 6.07) is 4.14. The van der Waals surface area contributed by atoms with Crippen LogP contribution in [0.25, 0.3) is 0 Å². The Hall–Kier alpha value is -2.94. The molecule has 0 aliphatic rings. The van der Waals surface area contributed by atoms with E-state index in [1.54, 1.807) is 18.2 Å². The molecule has 0 aliphatic heterocycles. The van der Waals surface area contributed by atoms with E-state index in [-0.39, 0.29) is 61.7 Å². The van der Waals surface area contributed by atoms with Crippen molar-refractivity contribution in [1.29, 1.82) is 0 Å². The van der Waals surface area contributed by atoms with E-state index in [9.17, 15) is 19.2 Å². The van der Waals surface area contributed by atoms with Gasteiger partial charge in [0.15, 0.2) is 11.5 Å². The maximum Gasteiger partial charge on any atom is 0.323 e. The summed E-state index contributed by atoms with van der Waals surface area (Å²) in [6.07, 6.45) is 3.39. The van der Waals surface area contributed by atoms with Gasteiger partial charge in [0.25, 0.3) is 0 Å². The number of methoxy groups -OCH3 is 1. The predicted molar refractivity (Wildman–Crippen MR) is 139 cm³/mol. The first kappa shape index (κ1) is 32.1. The second-order valence-electron chi connectivity index (χ2n) is 9.37. The summed E-state index contributed by atoms with van der Waals surface area (Å²) in [5, 5.41) is 3.04. The minimum absolute atomic E-state index is 0.121. The molecule has 3 atom stereocenters. The van der Waals surface area contributed by atoms with Crippen molar-refractivity contribution in [2.75, 3.05) is 20.3 Å². The van der Waals surface area contributed by atoms with Gasteiger partial charge in [-0.25, -0.2) is 0 Å². The summed E-state index contributed by atoms with van der Waals surface area (Å²) >= 11 is 0. The van der Waals surface area contributed by atoms with Crippen molar-refractivity contribution in [2.45, 2.75) is 85.6 Å². The standard InChI is InChI=1S/C28H43NO8/c1-7-10-25(30)35-14-13-29-22(28(33)34-6)17-21-11-12-23(36-26(31)15-19(4)8-2)24(18-21)37-27(32)16-20(5)9-3/h11-12,18-20,22,29H,7-10,13-17H2,1-6H3/t19?,20?,22-/m0/s1. The molecule has 1 N–H and O–H groups in total. The summed E-state index contributed by atoms with van der Waals surface area (Å²) in [7, 11) is 1.29. The molecule has 0 radical (unpaired) electrons. The molecule has 1 rings (SSSR count). The molecular formula is C28H43NO8. The third-order valence-corrected chi connectivity index (χ3v) is 6.02. The molecule has 37 heavy (non-hydrogen) atoms. The van der Waals surface area contributed by atoms with Crippen molar-refractivity contribution < 1.29 is 38.1 Å². The molecule has 0 aromatic heterocycles. The van der Waals surface area contributed by atoms with Gasteiger partial charge in [0.2, 0.25) is 0 Å². The van der Waals surface area contributed by atoms with Crippen molar-refractivity contribution in [3.63, 3.8) is 0 Å². The lowest BCUT2D eigenvalue weighted by atomic mass is 10.0. The Bertz CT molecular complexity index is 885. The largest absolute Gasteiger partial charge is 0.468 e. The summed E-state index contributed by atoms with van der Waals surface area (Å²) in [5.74, 6) is -1.03. The van der Waals surface area contributed by atoms with Gasteiger partial charge < -0.3 is 24.3 Å². The van der Waals surface area contributed by atoms with Gasteiger partial charge in [0.1, 0.15) is 12.6 Å². The second kappa shape index (κ2) is 17.5. The number of esters is 4. The van der Waals surface area contributed by atoms with Crippen LogP contribution < -0.4 is 14.8 Å². The normalized spacial score (nSPS) is 13.2. The van der Waals surface area contributed by atoms with E-state index in [2.05, 4.69) is 5.32 Å². The molecule has 1 aromatic rings. The summed E-state index contributed by atoms with van der Waals surface area (Å²) < 4.78 is 21.2. The van der Waals surface area contributed by atoms with Crippen LogP contribution in [0, 0.1) is 11.8 Å². The van der Waals surface area contributed by atoms with E-state index in [1.165, 1.54) is 7.11 Å². The predicted octanol–water partition coefficient (Wildman–Crippen LogP) is 4.39. The van der Waals surface area contributed by atoms with Gasteiger partial charge in [-0.1, -0.05) is 53.5 Å². The zero-order valence-corrected chi connectivity index (χ0v) is 23.1. The van der Waals surface area contributed by atoms with E-state index in [0.29, 0.717) is 18.4 Å². The van der Waals surface area contributed by atoms with Crippen molar-refractivity contribution in [1.82, 2.24) is 5.32 Å². The van der Waals surface area contributed by atoms with E-state index < -0.39 is 23.9 Å². The highest BCUT2D eigenvalue weighted by molar-refractivity contribution is 5.77. The average Bonchev–Trinajstić information content (AvgIpc) is 2.86. The van der Waals surface area contributed by atoms with Crippen molar-refractivity contribution in [3.05, 3.63) is 23.8 Å². The Morgan fingerprint density at radius 2 is 1.46 bits per heavy atom. The smallest absolute Gasteiger partial charge is 0.323 e. The Kier molecular flexibility index (Phi) is 15.2. The molecule has 1 aromatic carbocycles. The fraction of sp³-hybridized carbons (Fsp3) is 0.643. The van der Waals surface area contributed by atoms with Crippen LogP contribution in [0.2, 0.25) is 0 Å². The average molecular weight is 522 g/mol. The number of nitrogens with one attached hydrogen (secondary N) is 1. The maximum atomic E-state index is 12.5. The van der Waals surface area contributed by atoms with Crippen molar-refractivity contribution >= 4 is 23.9 Å². The molecule has 0 heterocycles. The highest BCUT2D eigenvalue weighted by Crippen LogP contribution is 2.31. The molecule has 9 nitrogen and oxygen atoms in total. The molecule has 208 valence electrons. The van der Waals surface area contributed by atoms with E-state index >= 15 is 0 Å². The van der Waals surface area contributed by atoms with E-state index in [4.69, 9.17) is 18.9 Å². The zero-order chi connectivity index (χ0) is 27.8. The number of carbonyl (C=O) groups is 4. The van der Waals surface area contributed by atoms with Crippen molar-refractivity contribution in [3.8, 4) is 11.5 Å². The topological polar surface area (TPSA) is 117 Å². The quantitative estimate of drug-likeness (QED) is 0.181. The highest BCUT2D eigenvalue weighted by Gasteiger charge is 2.22. The second-order valence-corrected chi connectivity index (χ2v) is 9.37. The number of rotatable bonds is 17. The van der Waals surface area contributed by atoms with Crippen LogP contribution in [0.5, 0.6) is 11.5 Å². The molecule has 2 unspecified atom stereocenters. The summed E-state index contributed by atoms with van der Waals surface area (Å²) in [4.78, 5) is 48.8. The molecule has 0 amide bonds. The summed E-state index contributed by atoms with van der Waals surface area (Å²) in [5.41, 5.74) is 0.666. The van der Waals surface area contributed by atoms with Crippen LogP contribution in [0.3, 0.4) is 0 Å². The van der Waals surface area contributed by atoms with E-state index in [0.717, 1.165) is 12.8 Å². The Labute approximate surface area is 220 Å². The lowest BCUT2D eigenvalue weighted by Gasteiger charge is -2.18. The lowest BCUT2D eigenvalue weighted by Crippen LogP contribution is -2.41. The Morgan fingerprint density at radius 3 is 2.00 bits per heavy atom. The van der Waals surface area contributed by atoms with Gasteiger partial charge in [-0.3, -0.25) is 19.2 Å². The zero-order valence-electron chi connectivity index (χ0n) is 23.1. The molecular weight excluding hydrogens is 478 g/mol. The molecule has 0 bridgehead atoms. The first-order valence-electron chi connectivity index (χ1n) is 13.1. The van der Waals surface area contributed by atoms with E-state index in [1.807, 2.05) is 34.6 Å². The first-order valence-corrected chi connectivity index (χ1v) is 13.1. The Balaban J connectivity index is 3.04. The summed E-state index contributed by atoms with van der Waals surface area (Å²) in [6.45, 7) is 10.2. The number of hydrogen-bond donors (Lipinski definition) is 1. The number of benzene rings is 1. The molecule has 0 fully saturated rings. The van der Waals surface area contributed by atoms with Crippen LogP contribution in [0.4, 0.5) is 0 Å². The van der Waals surface area contributed by atoms with Gasteiger partial charge >= 0.3 is 23.9 Å². The molecule has 0 saturated heterocycles. The molecule has 9 heteroatoms. The number of ether oxygens (including phenoxy) is 4. The lowest BCUT2D eigenvalue weighted by molar-refractivity contribution is -0.144. The fourth-order valence-corrected chi connectivity index (χ4v) is 3.32. The first-order chi connectivity index (χ1) is 17.6. The van der Waals surface area contributed by atoms with Crippen LogP contribution in [-0.2, 0) is 35.1 Å². The third-order valence-electron chi connectivity index (χ3n) is 6.02. The van der Waals surface area contributed by atoms with Gasteiger partial charge in [0, 0.05) is 25.8 Å². The SMILES string of the molecule is CCCC(=O)OCCN[C@@H](Cc1ccc(OC(=O)CC(C)CC)c(OC(=O)CC(C)CC)c1)C(=O)OC. The maximum absolute atomic E-state index is 12.5. The van der Waals surface area contributed by atoms with Crippen LogP contribution in [0.15, 0.2) is 18.2 Å². The van der Waals surface area contributed by atoms with Gasteiger partial charge in [0.05, 0.1) is 7.11 Å². The number of carbonyl (C=O) groups excluding carboxylic acids is 4. The fourth-order valence-electron chi connectivity index (χ4n) is 3.32. The molecule has 0 aliphatic carbocycles. The minimum atomic E-state index is -0.725. The Morgan fingerprint density at radius 1 is 0.865 bits per heavy atom. The van der Waals surface area contributed by atoms with Gasteiger partial charge in [-0.05, 0) is 42.4 Å². The van der Waals surface area contributed by atoms with Gasteiger partial charge in [-0.15, -0.1) is 0 Å². The van der Waals surface area contributed by atoms with Crippen LogP contribution in [0.1, 0.15) is 78.7 Å². The highest BCUT2D eigenvalue weighted by atomic mass is 16.6. The van der Waals surface area contributed by atoms with Gasteiger partial charge in [-0.2, -0.15) is 0 Å². The van der Waals surface area contributed by atoms with Crippen molar-refractivity contribution in [2.24, 2.45) is 11.8 Å². The minimum Gasteiger partial charge on any atom is -0.468 e. The molecule has 0 spiro atoms.